The second-order valence-electron chi connectivity index (χ2n) is 3.17. The molecule has 1 aromatic carbocycles. The molecule has 1 aromatic heterocycles. The molecule has 0 radical (unpaired) electrons. The number of aliphatic hydroxyl groups is 1. The summed E-state index contributed by atoms with van der Waals surface area (Å²) in [6.07, 6.45) is 3.14. The lowest BCUT2D eigenvalue weighted by molar-refractivity contribution is 0.270. The molecule has 0 aliphatic heterocycles. The van der Waals surface area contributed by atoms with Crippen LogP contribution < -0.4 is 4.74 Å². The van der Waals surface area contributed by atoms with Crippen LogP contribution in [0.1, 0.15) is 5.56 Å². The molecule has 1 heterocycles. The van der Waals surface area contributed by atoms with E-state index in [1.165, 1.54) is 18.3 Å². The number of aliphatic hydroxyl groups excluding tert-OH is 1. The zero-order valence-electron chi connectivity index (χ0n) is 8.43. The van der Waals surface area contributed by atoms with Gasteiger partial charge >= 0.3 is 0 Å². The molecule has 1 N–H and O–H groups in total. The van der Waals surface area contributed by atoms with E-state index in [2.05, 4.69) is 4.98 Å². The summed E-state index contributed by atoms with van der Waals surface area (Å²) in [5.74, 6) is 0.321. The number of benzene rings is 1. The first-order valence-electron chi connectivity index (χ1n) is 4.77. The van der Waals surface area contributed by atoms with Gasteiger partial charge in [0.05, 0.1) is 18.4 Å². The lowest BCUT2D eigenvalue weighted by Gasteiger charge is -2.09. The molecular formula is C12H10FNO2. The fourth-order valence-electron chi connectivity index (χ4n) is 1.32. The molecule has 2 rings (SSSR count). The van der Waals surface area contributed by atoms with Gasteiger partial charge in [-0.25, -0.2) is 4.39 Å². The van der Waals surface area contributed by atoms with Gasteiger partial charge in [-0.05, 0) is 24.3 Å². The summed E-state index contributed by atoms with van der Waals surface area (Å²) in [7, 11) is 0. The van der Waals surface area contributed by atoms with E-state index < -0.39 is 12.4 Å². The fourth-order valence-corrected chi connectivity index (χ4v) is 1.32. The molecule has 0 aliphatic rings. The summed E-state index contributed by atoms with van der Waals surface area (Å²) in [5.41, 5.74) is 0.145. The number of ether oxygens (including phenoxy) is 1. The summed E-state index contributed by atoms with van der Waals surface area (Å²) >= 11 is 0. The highest BCUT2D eigenvalue weighted by Crippen LogP contribution is 2.26. The van der Waals surface area contributed by atoms with Crippen molar-refractivity contribution in [3.05, 3.63) is 54.1 Å². The minimum absolute atomic E-state index is 0.145. The molecule has 0 saturated heterocycles. The van der Waals surface area contributed by atoms with E-state index in [4.69, 9.17) is 9.84 Å². The monoisotopic (exact) mass is 219 g/mol. The molecule has 0 unspecified atom stereocenters. The SMILES string of the molecule is OCc1c(F)cccc1Oc1cccnc1. The van der Waals surface area contributed by atoms with Crippen molar-refractivity contribution in [3.63, 3.8) is 0 Å². The third kappa shape index (κ3) is 2.17. The highest BCUT2D eigenvalue weighted by atomic mass is 19.1. The Morgan fingerprint density at radius 3 is 2.81 bits per heavy atom. The maximum atomic E-state index is 13.3. The first-order valence-corrected chi connectivity index (χ1v) is 4.77. The molecule has 0 saturated carbocycles. The molecular weight excluding hydrogens is 209 g/mol. The molecule has 0 aliphatic carbocycles. The van der Waals surface area contributed by atoms with Gasteiger partial charge in [-0.2, -0.15) is 0 Å². The van der Waals surface area contributed by atoms with Crippen LogP contribution in [0.5, 0.6) is 11.5 Å². The number of nitrogens with zero attached hydrogens (tertiary/aromatic N) is 1. The highest BCUT2D eigenvalue weighted by molar-refractivity contribution is 5.37. The summed E-state index contributed by atoms with van der Waals surface area (Å²) in [6, 6.07) is 7.83. The quantitative estimate of drug-likeness (QED) is 0.862. The summed E-state index contributed by atoms with van der Waals surface area (Å²) in [6.45, 7) is -0.401. The molecule has 0 amide bonds. The Balaban J connectivity index is 2.31. The predicted molar refractivity (Wildman–Crippen MR) is 56.6 cm³/mol. The van der Waals surface area contributed by atoms with Gasteiger partial charge in [-0.3, -0.25) is 4.98 Å². The van der Waals surface area contributed by atoms with Gasteiger partial charge < -0.3 is 9.84 Å². The molecule has 16 heavy (non-hydrogen) atoms. The number of rotatable bonds is 3. The zero-order valence-corrected chi connectivity index (χ0v) is 8.43. The topological polar surface area (TPSA) is 42.4 Å². The Bertz CT molecular complexity index is 474. The lowest BCUT2D eigenvalue weighted by atomic mass is 10.2. The van der Waals surface area contributed by atoms with Crippen LogP contribution in [0, 0.1) is 5.82 Å². The lowest BCUT2D eigenvalue weighted by Crippen LogP contribution is -1.95. The van der Waals surface area contributed by atoms with Crippen LogP contribution in [0.25, 0.3) is 0 Å². The molecule has 82 valence electrons. The van der Waals surface area contributed by atoms with E-state index in [0.717, 1.165) is 0 Å². The maximum absolute atomic E-state index is 13.3. The van der Waals surface area contributed by atoms with Gasteiger partial charge in [-0.15, -0.1) is 0 Å². The number of halogens is 1. The van der Waals surface area contributed by atoms with Crippen LogP contribution in [0.2, 0.25) is 0 Å². The normalized spacial score (nSPS) is 10.1. The Morgan fingerprint density at radius 2 is 2.12 bits per heavy atom. The van der Waals surface area contributed by atoms with Gasteiger partial charge in [0.1, 0.15) is 17.3 Å². The minimum atomic E-state index is -0.483. The van der Waals surface area contributed by atoms with E-state index in [1.54, 1.807) is 24.4 Å². The summed E-state index contributed by atoms with van der Waals surface area (Å²) in [5, 5.41) is 9.04. The molecule has 0 fully saturated rings. The molecule has 4 heteroatoms. The van der Waals surface area contributed by atoms with E-state index in [0.29, 0.717) is 11.5 Å². The van der Waals surface area contributed by atoms with Gasteiger partial charge in [0.2, 0.25) is 0 Å². The summed E-state index contributed by atoms with van der Waals surface area (Å²) in [4.78, 5) is 3.88. The minimum Gasteiger partial charge on any atom is -0.455 e. The molecule has 2 aromatic rings. The average molecular weight is 219 g/mol. The van der Waals surface area contributed by atoms with E-state index >= 15 is 0 Å². The van der Waals surface area contributed by atoms with Gasteiger partial charge in [0, 0.05) is 6.20 Å². The molecule has 3 nitrogen and oxygen atoms in total. The van der Waals surface area contributed by atoms with Crippen LogP contribution in [-0.4, -0.2) is 10.1 Å². The van der Waals surface area contributed by atoms with Crippen molar-refractivity contribution < 1.29 is 14.2 Å². The maximum Gasteiger partial charge on any atom is 0.145 e. The Labute approximate surface area is 92.1 Å². The van der Waals surface area contributed by atoms with E-state index in [9.17, 15) is 4.39 Å². The van der Waals surface area contributed by atoms with Gasteiger partial charge in [0.25, 0.3) is 0 Å². The molecule has 0 spiro atoms. The highest BCUT2D eigenvalue weighted by Gasteiger charge is 2.08. The average Bonchev–Trinajstić information content (AvgIpc) is 2.31. The van der Waals surface area contributed by atoms with Crippen molar-refractivity contribution in [1.29, 1.82) is 0 Å². The van der Waals surface area contributed by atoms with E-state index in [1.807, 2.05) is 0 Å². The largest absolute Gasteiger partial charge is 0.455 e. The Morgan fingerprint density at radius 1 is 1.25 bits per heavy atom. The number of aromatic nitrogens is 1. The van der Waals surface area contributed by atoms with Crippen LogP contribution in [0.15, 0.2) is 42.7 Å². The van der Waals surface area contributed by atoms with Crippen molar-refractivity contribution >= 4 is 0 Å². The number of hydrogen-bond donors (Lipinski definition) is 1. The summed E-state index contributed by atoms with van der Waals surface area (Å²) < 4.78 is 18.7. The van der Waals surface area contributed by atoms with Crippen LogP contribution >= 0.6 is 0 Å². The standard InChI is InChI=1S/C12H10FNO2/c13-11-4-1-5-12(10(11)8-15)16-9-3-2-6-14-7-9/h1-7,15H,8H2. The number of hydrogen-bond acceptors (Lipinski definition) is 3. The van der Waals surface area contributed by atoms with Crippen molar-refractivity contribution in [2.75, 3.05) is 0 Å². The Kier molecular flexibility index (Phi) is 3.12. The molecule has 0 atom stereocenters. The fraction of sp³-hybridized carbons (Fsp3) is 0.0833. The van der Waals surface area contributed by atoms with Crippen molar-refractivity contribution in [3.8, 4) is 11.5 Å². The van der Waals surface area contributed by atoms with Crippen LogP contribution in [0.3, 0.4) is 0 Å². The zero-order chi connectivity index (χ0) is 11.4. The first kappa shape index (κ1) is 10.6. The van der Waals surface area contributed by atoms with E-state index in [-0.39, 0.29) is 5.56 Å². The number of pyridine rings is 1. The van der Waals surface area contributed by atoms with Crippen molar-refractivity contribution in [2.45, 2.75) is 6.61 Å². The van der Waals surface area contributed by atoms with Crippen LogP contribution in [0.4, 0.5) is 4.39 Å². The smallest absolute Gasteiger partial charge is 0.145 e. The van der Waals surface area contributed by atoms with Gasteiger partial charge in [-0.1, -0.05) is 6.07 Å². The van der Waals surface area contributed by atoms with Crippen LogP contribution in [-0.2, 0) is 6.61 Å². The van der Waals surface area contributed by atoms with Crippen molar-refractivity contribution in [1.82, 2.24) is 4.98 Å². The van der Waals surface area contributed by atoms with Crippen molar-refractivity contribution in [2.24, 2.45) is 0 Å². The second kappa shape index (κ2) is 4.72. The Hall–Kier alpha value is -1.94. The third-order valence-electron chi connectivity index (χ3n) is 2.10. The molecule has 0 bridgehead atoms. The van der Waals surface area contributed by atoms with Gasteiger partial charge in [0.15, 0.2) is 0 Å². The third-order valence-corrected chi connectivity index (χ3v) is 2.10. The first-order chi connectivity index (χ1) is 7.81. The predicted octanol–water partition coefficient (Wildman–Crippen LogP) is 2.51. The second-order valence-corrected chi connectivity index (χ2v) is 3.17.